The minimum atomic E-state index is -0.686. The van der Waals surface area contributed by atoms with Crippen molar-refractivity contribution < 1.29 is 19.1 Å². The van der Waals surface area contributed by atoms with Crippen LogP contribution in [0.2, 0.25) is 0 Å². The van der Waals surface area contributed by atoms with Crippen LogP contribution in [0, 0.1) is 0 Å². The molecule has 0 unspecified atom stereocenters. The molecule has 1 saturated heterocycles. The number of methoxy groups -OCH3 is 1. The van der Waals surface area contributed by atoms with Crippen molar-refractivity contribution >= 4 is 28.6 Å². The number of carbonyl (C=O) groups is 3. The molecule has 0 radical (unpaired) electrons. The van der Waals surface area contributed by atoms with Gasteiger partial charge >= 0.3 is 0 Å². The first-order valence-electron chi connectivity index (χ1n) is 8.40. The van der Waals surface area contributed by atoms with E-state index >= 15 is 0 Å². The molecule has 0 bridgehead atoms. The van der Waals surface area contributed by atoms with Gasteiger partial charge in [0.05, 0.1) is 13.7 Å². The second-order valence-corrected chi connectivity index (χ2v) is 6.20. The number of carbonyl (C=O) groups excluding carboxylic acids is 3. The summed E-state index contributed by atoms with van der Waals surface area (Å²) in [6.45, 7) is 2.28. The van der Waals surface area contributed by atoms with Crippen molar-refractivity contribution in [3.63, 3.8) is 0 Å². The fraction of sp³-hybridized carbons (Fsp3) is 0.389. The minimum absolute atomic E-state index is 0.157. The number of piperazine rings is 1. The standard InChI is InChI=1S/C18H22N4O4/c1-11(23)22-8-7-21(10-15(22)17(24)19-2)18(25)14-9-12-13(20-14)5-4-6-16(12)26-3/h4-6,9,15,20H,7-8,10H2,1-3H3,(H,19,24)/t15-/m0/s1. The van der Waals surface area contributed by atoms with Gasteiger partial charge in [0.2, 0.25) is 11.8 Å². The van der Waals surface area contributed by atoms with Gasteiger partial charge < -0.3 is 24.8 Å². The first kappa shape index (κ1) is 17.8. The van der Waals surface area contributed by atoms with Crippen molar-refractivity contribution in [2.75, 3.05) is 33.8 Å². The summed E-state index contributed by atoms with van der Waals surface area (Å²) in [5.74, 6) is 0.0138. The van der Waals surface area contributed by atoms with E-state index in [0.717, 1.165) is 10.9 Å². The Bertz CT molecular complexity index is 860. The smallest absolute Gasteiger partial charge is 0.270 e. The molecule has 2 N–H and O–H groups in total. The molecule has 0 saturated carbocycles. The quantitative estimate of drug-likeness (QED) is 0.840. The van der Waals surface area contributed by atoms with E-state index in [4.69, 9.17) is 4.74 Å². The van der Waals surface area contributed by atoms with Crippen LogP contribution in [-0.4, -0.2) is 72.3 Å². The molecule has 1 aliphatic heterocycles. The maximum Gasteiger partial charge on any atom is 0.270 e. The van der Waals surface area contributed by atoms with E-state index < -0.39 is 6.04 Å². The Kier molecular flexibility index (Phi) is 4.83. The van der Waals surface area contributed by atoms with Gasteiger partial charge in [0, 0.05) is 38.0 Å². The average molecular weight is 358 g/mol. The molecule has 2 heterocycles. The first-order chi connectivity index (χ1) is 12.5. The number of hydrogen-bond acceptors (Lipinski definition) is 4. The van der Waals surface area contributed by atoms with Crippen LogP contribution in [0.15, 0.2) is 24.3 Å². The van der Waals surface area contributed by atoms with Crippen LogP contribution in [-0.2, 0) is 9.59 Å². The predicted molar refractivity (Wildman–Crippen MR) is 96.0 cm³/mol. The number of nitrogens with zero attached hydrogens (tertiary/aromatic N) is 2. The minimum Gasteiger partial charge on any atom is -0.496 e. The highest BCUT2D eigenvalue weighted by atomic mass is 16.5. The van der Waals surface area contributed by atoms with Crippen LogP contribution in [0.1, 0.15) is 17.4 Å². The van der Waals surface area contributed by atoms with E-state index in [-0.39, 0.29) is 24.3 Å². The summed E-state index contributed by atoms with van der Waals surface area (Å²) in [6.07, 6.45) is 0. The van der Waals surface area contributed by atoms with Crippen molar-refractivity contribution in [2.24, 2.45) is 0 Å². The highest BCUT2D eigenvalue weighted by Gasteiger charge is 2.35. The van der Waals surface area contributed by atoms with E-state index in [2.05, 4.69) is 10.3 Å². The van der Waals surface area contributed by atoms with Crippen molar-refractivity contribution in [3.05, 3.63) is 30.0 Å². The molecule has 3 amide bonds. The molecule has 0 spiro atoms. The number of aromatic amines is 1. The Hall–Kier alpha value is -3.03. The maximum absolute atomic E-state index is 12.9. The summed E-state index contributed by atoms with van der Waals surface area (Å²) in [7, 11) is 3.10. The zero-order chi connectivity index (χ0) is 18.8. The van der Waals surface area contributed by atoms with Gasteiger partial charge in [-0.25, -0.2) is 0 Å². The van der Waals surface area contributed by atoms with Gasteiger partial charge in [-0.05, 0) is 18.2 Å². The van der Waals surface area contributed by atoms with E-state index in [1.807, 2.05) is 18.2 Å². The summed E-state index contributed by atoms with van der Waals surface area (Å²) < 4.78 is 5.33. The predicted octanol–water partition coefficient (Wildman–Crippen LogP) is 0.595. The lowest BCUT2D eigenvalue weighted by atomic mass is 10.1. The summed E-state index contributed by atoms with van der Waals surface area (Å²) in [5, 5.41) is 3.38. The molecule has 0 aliphatic carbocycles. The molecule has 1 aliphatic rings. The van der Waals surface area contributed by atoms with Crippen molar-refractivity contribution in [1.29, 1.82) is 0 Å². The van der Waals surface area contributed by atoms with Gasteiger partial charge in [-0.1, -0.05) is 6.07 Å². The third-order valence-electron chi connectivity index (χ3n) is 4.70. The van der Waals surface area contributed by atoms with Gasteiger partial charge in [0.1, 0.15) is 17.5 Å². The fourth-order valence-electron chi connectivity index (χ4n) is 3.33. The van der Waals surface area contributed by atoms with Crippen LogP contribution in [0.5, 0.6) is 5.75 Å². The molecule has 8 nitrogen and oxygen atoms in total. The molecule has 1 aromatic heterocycles. The van der Waals surface area contributed by atoms with Gasteiger partial charge in [0.15, 0.2) is 0 Å². The highest BCUT2D eigenvalue weighted by Crippen LogP contribution is 2.26. The molecule has 2 aromatic rings. The number of ether oxygens (including phenoxy) is 1. The summed E-state index contributed by atoms with van der Waals surface area (Å²) in [5.41, 5.74) is 1.23. The summed E-state index contributed by atoms with van der Waals surface area (Å²) in [6, 6.07) is 6.61. The van der Waals surface area contributed by atoms with Gasteiger partial charge in [-0.15, -0.1) is 0 Å². The van der Waals surface area contributed by atoms with E-state index in [9.17, 15) is 14.4 Å². The van der Waals surface area contributed by atoms with Crippen LogP contribution < -0.4 is 10.1 Å². The van der Waals surface area contributed by atoms with E-state index in [0.29, 0.717) is 24.5 Å². The molecular formula is C18H22N4O4. The summed E-state index contributed by atoms with van der Waals surface area (Å²) >= 11 is 0. The fourth-order valence-corrected chi connectivity index (χ4v) is 3.33. The third kappa shape index (κ3) is 3.10. The van der Waals surface area contributed by atoms with Gasteiger partial charge in [-0.3, -0.25) is 14.4 Å². The number of benzene rings is 1. The number of likely N-dealkylation sites (N-methyl/N-ethyl adjacent to an activating group) is 1. The molecule has 8 heteroatoms. The third-order valence-corrected chi connectivity index (χ3v) is 4.70. The second-order valence-electron chi connectivity index (χ2n) is 6.20. The SMILES string of the molecule is CNC(=O)[C@@H]1CN(C(=O)c2cc3c(OC)cccc3[nH]2)CCN1C(C)=O. The monoisotopic (exact) mass is 358 g/mol. The number of rotatable bonds is 3. The Morgan fingerprint density at radius 1 is 1.27 bits per heavy atom. The molecule has 1 aromatic carbocycles. The Balaban J connectivity index is 1.86. The number of nitrogens with one attached hydrogen (secondary N) is 2. The molecule has 26 heavy (non-hydrogen) atoms. The average Bonchev–Trinajstić information content (AvgIpc) is 3.10. The van der Waals surface area contributed by atoms with Crippen molar-refractivity contribution in [1.82, 2.24) is 20.1 Å². The normalized spacial score (nSPS) is 17.3. The number of fused-ring (bicyclic) bond motifs is 1. The highest BCUT2D eigenvalue weighted by molar-refractivity contribution is 6.00. The van der Waals surface area contributed by atoms with E-state index in [1.54, 1.807) is 18.1 Å². The number of aromatic nitrogens is 1. The molecule has 138 valence electrons. The number of amides is 3. The van der Waals surface area contributed by atoms with Crippen LogP contribution in [0.3, 0.4) is 0 Å². The molecule has 3 rings (SSSR count). The Morgan fingerprint density at radius 3 is 2.69 bits per heavy atom. The lowest BCUT2D eigenvalue weighted by Crippen LogP contribution is -2.60. The van der Waals surface area contributed by atoms with Crippen molar-refractivity contribution in [3.8, 4) is 5.75 Å². The maximum atomic E-state index is 12.9. The van der Waals surface area contributed by atoms with E-state index in [1.165, 1.54) is 18.9 Å². The zero-order valence-corrected chi connectivity index (χ0v) is 15.0. The van der Waals surface area contributed by atoms with Gasteiger partial charge in [-0.2, -0.15) is 0 Å². The topological polar surface area (TPSA) is 94.7 Å². The lowest BCUT2D eigenvalue weighted by Gasteiger charge is -2.39. The largest absolute Gasteiger partial charge is 0.496 e. The number of hydrogen-bond donors (Lipinski definition) is 2. The van der Waals surface area contributed by atoms with Gasteiger partial charge in [0.25, 0.3) is 5.91 Å². The molecule has 1 atom stereocenters. The molecular weight excluding hydrogens is 336 g/mol. The zero-order valence-electron chi connectivity index (χ0n) is 15.0. The number of H-pyrrole nitrogens is 1. The Labute approximate surface area is 151 Å². The Morgan fingerprint density at radius 2 is 2.04 bits per heavy atom. The lowest BCUT2D eigenvalue weighted by molar-refractivity contribution is -0.141. The summed E-state index contributed by atoms with van der Waals surface area (Å²) in [4.78, 5) is 43.0. The van der Waals surface area contributed by atoms with Crippen LogP contribution >= 0.6 is 0 Å². The second kappa shape index (κ2) is 7.07. The van der Waals surface area contributed by atoms with Crippen LogP contribution in [0.4, 0.5) is 0 Å². The molecule has 1 fully saturated rings. The first-order valence-corrected chi connectivity index (χ1v) is 8.40. The van der Waals surface area contributed by atoms with Crippen LogP contribution in [0.25, 0.3) is 10.9 Å². The van der Waals surface area contributed by atoms with Crippen molar-refractivity contribution in [2.45, 2.75) is 13.0 Å².